The van der Waals surface area contributed by atoms with Crippen molar-refractivity contribution in [1.29, 1.82) is 0 Å². The standard InChI is InChI=1S/C5H12O6S2/c1-4(2)5(13(9,10)11)3-12(6,7)8/h4-5H,3H2,1-2H3,(H,6,7,8)(H,9,10,11). The molecule has 0 radical (unpaired) electrons. The monoisotopic (exact) mass is 232 g/mol. The molecule has 1 atom stereocenters. The van der Waals surface area contributed by atoms with Gasteiger partial charge in [0, 0.05) is 0 Å². The van der Waals surface area contributed by atoms with Crippen molar-refractivity contribution in [3.8, 4) is 0 Å². The van der Waals surface area contributed by atoms with Gasteiger partial charge in [-0.3, -0.25) is 9.11 Å². The van der Waals surface area contributed by atoms with Gasteiger partial charge < -0.3 is 0 Å². The molecule has 0 aromatic heterocycles. The smallest absolute Gasteiger partial charge is 0.269 e. The highest BCUT2D eigenvalue weighted by atomic mass is 32.2. The lowest BCUT2D eigenvalue weighted by atomic mass is 10.1. The maximum atomic E-state index is 10.6. The number of rotatable bonds is 4. The van der Waals surface area contributed by atoms with Gasteiger partial charge in [-0.25, -0.2) is 0 Å². The Labute approximate surface area is 77.5 Å². The van der Waals surface area contributed by atoms with E-state index in [9.17, 15) is 16.8 Å². The van der Waals surface area contributed by atoms with Gasteiger partial charge in [-0.15, -0.1) is 0 Å². The first kappa shape index (κ1) is 12.8. The zero-order valence-corrected chi connectivity index (χ0v) is 8.84. The molecule has 0 amide bonds. The molecule has 0 fully saturated rings. The van der Waals surface area contributed by atoms with E-state index in [-0.39, 0.29) is 0 Å². The number of hydrogen-bond acceptors (Lipinski definition) is 4. The summed E-state index contributed by atoms with van der Waals surface area (Å²) < 4.78 is 59.0. The molecule has 0 bridgehead atoms. The minimum atomic E-state index is -4.44. The van der Waals surface area contributed by atoms with Crippen LogP contribution in [0.25, 0.3) is 0 Å². The quantitative estimate of drug-likeness (QED) is 0.649. The molecule has 0 aromatic carbocycles. The average molecular weight is 232 g/mol. The summed E-state index contributed by atoms with van der Waals surface area (Å²) in [5.74, 6) is -1.57. The normalized spacial score (nSPS) is 16.1. The lowest BCUT2D eigenvalue weighted by Crippen LogP contribution is -2.33. The van der Waals surface area contributed by atoms with Crippen LogP contribution >= 0.6 is 0 Å². The van der Waals surface area contributed by atoms with Crippen LogP contribution in [0.1, 0.15) is 13.8 Å². The van der Waals surface area contributed by atoms with E-state index >= 15 is 0 Å². The van der Waals surface area contributed by atoms with Gasteiger partial charge >= 0.3 is 0 Å². The second-order valence-corrected chi connectivity index (χ2v) is 6.18. The fourth-order valence-corrected chi connectivity index (χ4v) is 3.52. The summed E-state index contributed by atoms with van der Waals surface area (Å²) in [5, 5.41) is -1.48. The van der Waals surface area contributed by atoms with E-state index in [0.717, 1.165) is 0 Å². The van der Waals surface area contributed by atoms with Crippen LogP contribution in [0.2, 0.25) is 0 Å². The van der Waals surface area contributed by atoms with E-state index in [2.05, 4.69) is 0 Å². The van der Waals surface area contributed by atoms with E-state index < -0.39 is 37.2 Å². The first-order chi connectivity index (χ1) is 5.54. The predicted molar refractivity (Wildman–Crippen MR) is 46.6 cm³/mol. The summed E-state index contributed by atoms with van der Waals surface area (Å²) in [6.45, 7) is 2.87. The minimum absolute atomic E-state index is 0.586. The van der Waals surface area contributed by atoms with Crippen LogP contribution in [0.5, 0.6) is 0 Å². The Morgan fingerprint density at radius 1 is 1.08 bits per heavy atom. The molecule has 13 heavy (non-hydrogen) atoms. The van der Waals surface area contributed by atoms with Crippen LogP contribution in [0.4, 0.5) is 0 Å². The third-order valence-corrected chi connectivity index (χ3v) is 3.97. The third-order valence-electron chi connectivity index (χ3n) is 1.50. The van der Waals surface area contributed by atoms with Crippen molar-refractivity contribution in [2.45, 2.75) is 19.1 Å². The van der Waals surface area contributed by atoms with Crippen molar-refractivity contribution in [3.05, 3.63) is 0 Å². The lowest BCUT2D eigenvalue weighted by molar-refractivity contribution is 0.436. The van der Waals surface area contributed by atoms with Crippen molar-refractivity contribution in [1.82, 2.24) is 0 Å². The zero-order chi connectivity index (χ0) is 10.9. The molecule has 0 aromatic rings. The summed E-state index contributed by atoms with van der Waals surface area (Å²) in [6.07, 6.45) is 0. The van der Waals surface area contributed by atoms with Gasteiger partial charge in [-0.2, -0.15) is 16.8 Å². The van der Waals surface area contributed by atoms with Crippen molar-refractivity contribution < 1.29 is 25.9 Å². The first-order valence-electron chi connectivity index (χ1n) is 3.45. The van der Waals surface area contributed by atoms with Crippen molar-refractivity contribution in [3.63, 3.8) is 0 Å². The highest BCUT2D eigenvalue weighted by Crippen LogP contribution is 2.12. The minimum Gasteiger partial charge on any atom is -0.286 e. The highest BCUT2D eigenvalue weighted by molar-refractivity contribution is 7.90. The molecule has 8 heteroatoms. The van der Waals surface area contributed by atoms with Gasteiger partial charge in [0.05, 0.1) is 5.75 Å². The van der Waals surface area contributed by atoms with Gasteiger partial charge in [0.1, 0.15) is 5.25 Å². The summed E-state index contributed by atoms with van der Waals surface area (Å²) in [5.41, 5.74) is 0. The van der Waals surface area contributed by atoms with Gasteiger partial charge in [-0.1, -0.05) is 13.8 Å². The molecular weight excluding hydrogens is 220 g/mol. The molecule has 1 unspecified atom stereocenters. The molecular formula is C5H12O6S2. The lowest BCUT2D eigenvalue weighted by Gasteiger charge is -2.15. The molecule has 0 heterocycles. The van der Waals surface area contributed by atoms with E-state index in [0.29, 0.717) is 0 Å². The van der Waals surface area contributed by atoms with Crippen LogP contribution in [-0.4, -0.2) is 36.9 Å². The Balaban J connectivity index is 4.88. The zero-order valence-electron chi connectivity index (χ0n) is 7.21. The molecule has 0 saturated carbocycles. The predicted octanol–water partition coefficient (Wildman–Crippen LogP) is -0.213. The maximum absolute atomic E-state index is 10.6. The Morgan fingerprint density at radius 2 is 1.46 bits per heavy atom. The second-order valence-electron chi connectivity index (χ2n) is 3.05. The van der Waals surface area contributed by atoms with Crippen molar-refractivity contribution in [2.24, 2.45) is 5.92 Å². The van der Waals surface area contributed by atoms with E-state index in [4.69, 9.17) is 9.11 Å². The Kier molecular flexibility index (Phi) is 3.85. The maximum Gasteiger partial charge on any atom is 0.269 e. The molecule has 0 spiro atoms. The van der Waals surface area contributed by atoms with Crippen LogP contribution < -0.4 is 0 Å². The molecule has 6 nitrogen and oxygen atoms in total. The molecule has 0 aliphatic carbocycles. The van der Waals surface area contributed by atoms with E-state index in [1.54, 1.807) is 0 Å². The fraction of sp³-hybridized carbons (Fsp3) is 1.00. The Bertz CT molecular complexity index is 350. The van der Waals surface area contributed by atoms with Gasteiger partial charge in [0.25, 0.3) is 20.2 Å². The highest BCUT2D eigenvalue weighted by Gasteiger charge is 2.31. The van der Waals surface area contributed by atoms with Gasteiger partial charge in [0.15, 0.2) is 0 Å². The molecule has 0 saturated heterocycles. The Morgan fingerprint density at radius 3 is 1.54 bits per heavy atom. The second kappa shape index (κ2) is 3.91. The summed E-state index contributed by atoms with van der Waals surface area (Å²) in [4.78, 5) is 0. The summed E-state index contributed by atoms with van der Waals surface area (Å²) in [6, 6.07) is 0. The number of hydrogen-bond donors (Lipinski definition) is 2. The largest absolute Gasteiger partial charge is 0.286 e. The van der Waals surface area contributed by atoms with E-state index in [1.165, 1.54) is 13.8 Å². The summed E-state index contributed by atoms with van der Waals surface area (Å²) >= 11 is 0. The molecule has 0 rings (SSSR count). The van der Waals surface area contributed by atoms with Gasteiger partial charge in [0.2, 0.25) is 0 Å². The first-order valence-corrected chi connectivity index (χ1v) is 6.56. The van der Waals surface area contributed by atoms with Crippen LogP contribution in [-0.2, 0) is 20.2 Å². The third kappa shape index (κ3) is 5.19. The van der Waals surface area contributed by atoms with Crippen molar-refractivity contribution >= 4 is 20.2 Å². The molecule has 80 valence electrons. The van der Waals surface area contributed by atoms with Gasteiger partial charge in [-0.05, 0) is 5.92 Å². The van der Waals surface area contributed by atoms with Crippen LogP contribution in [0, 0.1) is 5.92 Å². The molecule has 2 N–H and O–H groups in total. The average Bonchev–Trinajstić information content (AvgIpc) is 1.77. The Hall–Kier alpha value is -0.180. The van der Waals surface area contributed by atoms with Crippen molar-refractivity contribution in [2.75, 3.05) is 5.75 Å². The molecule has 0 aliphatic rings. The fourth-order valence-electron chi connectivity index (χ4n) is 0.830. The topological polar surface area (TPSA) is 109 Å². The summed E-state index contributed by atoms with van der Waals surface area (Å²) in [7, 11) is -8.83. The molecule has 0 aliphatic heterocycles. The SMILES string of the molecule is CC(C)C(CS(=O)(=O)O)S(=O)(=O)O. The van der Waals surface area contributed by atoms with Crippen LogP contribution in [0.3, 0.4) is 0 Å². The van der Waals surface area contributed by atoms with E-state index in [1.807, 2.05) is 0 Å². The van der Waals surface area contributed by atoms with Crippen LogP contribution in [0.15, 0.2) is 0 Å².